The van der Waals surface area contributed by atoms with Gasteiger partial charge in [0.1, 0.15) is 5.60 Å². The number of rotatable bonds is 5. The molecule has 1 aromatic rings. The summed E-state index contributed by atoms with van der Waals surface area (Å²) in [7, 11) is -0.658. The lowest BCUT2D eigenvalue weighted by Crippen LogP contribution is -2.41. The molecule has 0 unspecified atom stereocenters. The van der Waals surface area contributed by atoms with Gasteiger partial charge < -0.3 is 24.5 Å². The summed E-state index contributed by atoms with van der Waals surface area (Å²) in [6.45, 7) is 13.3. The van der Waals surface area contributed by atoms with Gasteiger partial charge in [-0.25, -0.2) is 9.59 Å². The van der Waals surface area contributed by atoms with Crippen molar-refractivity contribution in [2.24, 2.45) is 0 Å². The fourth-order valence-electron chi connectivity index (χ4n) is 2.62. The van der Waals surface area contributed by atoms with Gasteiger partial charge >= 0.3 is 19.2 Å². The van der Waals surface area contributed by atoms with Gasteiger partial charge in [-0.1, -0.05) is 18.2 Å². The largest absolute Gasteiger partial charge is 0.492 e. The molecule has 0 radical (unpaired) electrons. The number of carboxylic acid groups (broad SMARTS) is 1. The van der Waals surface area contributed by atoms with Crippen molar-refractivity contribution in [3.8, 4) is 0 Å². The van der Waals surface area contributed by atoms with E-state index in [0.717, 1.165) is 5.56 Å². The number of hydrogen-bond donors (Lipinski definition) is 2. The molecular weight excluding hydrogens is 373 g/mol. The van der Waals surface area contributed by atoms with E-state index in [1.807, 2.05) is 33.8 Å². The summed E-state index contributed by atoms with van der Waals surface area (Å²) in [5.74, 6) is -0.988. The smallest absolute Gasteiger partial charge is 0.478 e. The lowest BCUT2D eigenvalue weighted by molar-refractivity contribution is 0.00578. The third kappa shape index (κ3) is 6.08. The maximum absolute atomic E-state index is 12.1. The van der Waals surface area contributed by atoms with Crippen LogP contribution in [0.1, 0.15) is 64.4 Å². The Morgan fingerprint density at radius 1 is 1.10 bits per heavy atom. The van der Waals surface area contributed by atoms with Crippen LogP contribution in [-0.2, 0) is 14.0 Å². The molecule has 1 saturated heterocycles. The number of aromatic carboxylic acids is 1. The van der Waals surface area contributed by atoms with E-state index < -0.39 is 36.0 Å². The third-order valence-corrected chi connectivity index (χ3v) is 4.90. The van der Waals surface area contributed by atoms with Crippen LogP contribution in [-0.4, -0.2) is 47.6 Å². The molecule has 1 aliphatic rings. The van der Waals surface area contributed by atoms with E-state index in [9.17, 15) is 9.59 Å². The minimum Gasteiger partial charge on any atom is -0.478 e. The Morgan fingerprint density at radius 3 is 2.07 bits per heavy atom. The molecule has 2 N–H and O–H groups in total. The quantitative estimate of drug-likeness (QED) is 0.724. The van der Waals surface area contributed by atoms with Gasteiger partial charge in [0.05, 0.1) is 16.8 Å². The predicted octanol–water partition coefficient (Wildman–Crippen LogP) is 3.92. The molecule has 1 amide bonds. The molecule has 1 fully saturated rings. The Kier molecular flexibility index (Phi) is 6.50. The first-order valence-corrected chi connectivity index (χ1v) is 9.56. The van der Waals surface area contributed by atoms with E-state index in [2.05, 4.69) is 5.32 Å². The topological polar surface area (TPSA) is 94.1 Å². The van der Waals surface area contributed by atoms with Crippen LogP contribution < -0.4 is 5.32 Å². The minimum atomic E-state index is -0.988. The molecular formula is C21H30BNO6. The summed E-state index contributed by atoms with van der Waals surface area (Å²) < 4.78 is 17.5. The summed E-state index contributed by atoms with van der Waals surface area (Å²) >= 11 is 0. The van der Waals surface area contributed by atoms with Gasteiger partial charge in [-0.15, -0.1) is 0 Å². The summed E-state index contributed by atoms with van der Waals surface area (Å²) in [4.78, 5) is 23.2. The fraction of sp³-hybridized carbons (Fsp3) is 0.524. The highest BCUT2D eigenvalue weighted by atomic mass is 16.7. The molecule has 0 bridgehead atoms. The average Bonchev–Trinajstić information content (AvgIpc) is 2.78. The predicted molar refractivity (Wildman–Crippen MR) is 112 cm³/mol. The zero-order chi connectivity index (χ0) is 22.0. The zero-order valence-corrected chi connectivity index (χ0v) is 18.2. The Balaban J connectivity index is 2.26. The van der Waals surface area contributed by atoms with Crippen LogP contribution in [0.15, 0.2) is 29.7 Å². The SMILES string of the molecule is CC(C)(C)OC(=O)NCC(=Cc1ccc(C(=O)O)cc1)B1OC(C)(C)C(C)(C)O1. The monoisotopic (exact) mass is 403 g/mol. The van der Waals surface area contributed by atoms with Crippen LogP contribution in [0, 0.1) is 0 Å². The second-order valence-electron chi connectivity index (χ2n) is 9.09. The fourth-order valence-corrected chi connectivity index (χ4v) is 2.62. The summed E-state index contributed by atoms with van der Waals surface area (Å²) in [6.07, 6.45) is 1.28. The van der Waals surface area contributed by atoms with Crippen LogP contribution >= 0.6 is 0 Å². The molecule has 0 aliphatic carbocycles. The van der Waals surface area contributed by atoms with Gasteiger partial charge in [-0.2, -0.15) is 0 Å². The van der Waals surface area contributed by atoms with E-state index in [1.165, 1.54) is 12.1 Å². The first-order chi connectivity index (χ1) is 13.2. The Labute approximate surface area is 172 Å². The number of hydrogen-bond acceptors (Lipinski definition) is 5. The van der Waals surface area contributed by atoms with Crippen molar-refractivity contribution in [1.82, 2.24) is 5.32 Å². The number of carbonyl (C=O) groups is 2. The van der Waals surface area contributed by atoms with Gasteiger partial charge in [0.15, 0.2) is 0 Å². The minimum absolute atomic E-state index is 0.159. The highest BCUT2D eigenvalue weighted by Gasteiger charge is 2.52. The molecule has 1 heterocycles. The average molecular weight is 403 g/mol. The zero-order valence-electron chi connectivity index (χ0n) is 18.2. The number of alkyl carbamates (subject to hydrolysis) is 1. The van der Waals surface area contributed by atoms with Crippen LogP contribution in [0.3, 0.4) is 0 Å². The second kappa shape index (κ2) is 8.20. The highest BCUT2D eigenvalue weighted by molar-refractivity contribution is 6.56. The molecule has 158 valence electrons. The van der Waals surface area contributed by atoms with E-state index in [1.54, 1.807) is 32.9 Å². The Hall–Kier alpha value is -2.32. The lowest BCUT2D eigenvalue weighted by Gasteiger charge is -2.32. The molecule has 0 aromatic heterocycles. The van der Waals surface area contributed by atoms with Gasteiger partial charge in [-0.3, -0.25) is 0 Å². The number of carboxylic acids is 1. The standard InChI is InChI=1S/C21H30BNO6/c1-19(2,3)27-18(26)23-13-16(22-28-20(4,5)21(6,7)29-22)12-14-8-10-15(11-9-14)17(24)25/h8-12H,13H2,1-7H3,(H,23,26)(H,24,25). The number of nitrogens with one attached hydrogen (secondary N) is 1. The van der Waals surface area contributed by atoms with Crippen molar-refractivity contribution in [1.29, 1.82) is 0 Å². The third-order valence-electron chi connectivity index (χ3n) is 4.90. The lowest BCUT2D eigenvalue weighted by atomic mass is 9.77. The molecule has 8 heteroatoms. The van der Waals surface area contributed by atoms with Crippen LogP contribution in [0.25, 0.3) is 6.08 Å². The van der Waals surface area contributed by atoms with Crippen molar-refractivity contribution in [3.63, 3.8) is 0 Å². The van der Waals surface area contributed by atoms with Crippen molar-refractivity contribution in [2.75, 3.05) is 6.54 Å². The summed E-state index contributed by atoms with van der Waals surface area (Å²) in [6, 6.07) is 6.44. The van der Waals surface area contributed by atoms with Crippen molar-refractivity contribution in [3.05, 3.63) is 40.9 Å². The Bertz CT molecular complexity index is 776. The van der Waals surface area contributed by atoms with E-state index in [4.69, 9.17) is 19.2 Å². The first kappa shape index (κ1) is 23.0. The maximum Gasteiger partial charge on any atom is 0.492 e. The van der Waals surface area contributed by atoms with E-state index >= 15 is 0 Å². The normalized spacial score (nSPS) is 18.4. The molecule has 0 atom stereocenters. The molecule has 0 saturated carbocycles. The maximum atomic E-state index is 12.1. The molecule has 29 heavy (non-hydrogen) atoms. The van der Waals surface area contributed by atoms with Gasteiger partial charge in [0.2, 0.25) is 0 Å². The van der Waals surface area contributed by atoms with Crippen LogP contribution in [0.5, 0.6) is 0 Å². The number of ether oxygens (including phenoxy) is 1. The van der Waals surface area contributed by atoms with Crippen molar-refractivity contribution >= 4 is 25.3 Å². The molecule has 1 aromatic carbocycles. The molecule has 0 spiro atoms. The number of benzene rings is 1. The molecule has 1 aliphatic heterocycles. The summed E-state index contributed by atoms with van der Waals surface area (Å²) in [5.41, 5.74) is -0.00842. The number of carbonyl (C=O) groups excluding carboxylic acids is 1. The first-order valence-electron chi connectivity index (χ1n) is 9.56. The summed E-state index contributed by atoms with van der Waals surface area (Å²) in [5, 5.41) is 11.8. The van der Waals surface area contributed by atoms with Gasteiger partial charge in [0, 0.05) is 6.54 Å². The second-order valence-corrected chi connectivity index (χ2v) is 9.09. The molecule has 7 nitrogen and oxygen atoms in total. The van der Waals surface area contributed by atoms with E-state index in [0.29, 0.717) is 5.47 Å². The van der Waals surface area contributed by atoms with Gasteiger partial charge in [-0.05, 0) is 71.6 Å². The molecule has 2 rings (SSSR count). The van der Waals surface area contributed by atoms with Crippen LogP contribution in [0.4, 0.5) is 4.79 Å². The van der Waals surface area contributed by atoms with E-state index in [-0.39, 0.29) is 12.1 Å². The van der Waals surface area contributed by atoms with Crippen LogP contribution in [0.2, 0.25) is 0 Å². The van der Waals surface area contributed by atoms with Gasteiger partial charge in [0.25, 0.3) is 0 Å². The Morgan fingerprint density at radius 2 is 1.62 bits per heavy atom. The highest BCUT2D eigenvalue weighted by Crippen LogP contribution is 2.38. The van der Waals surface area contributed by atoms with Crippen molar-refractivity contribution < 1.29 is 28.7 Å². The van der Waals surface area contributed by atoms with Crippen molar-refractivity contribution in [2.45, 2.75) is 65.3 Å². The number of amides is 1.